The molecule has 1 rings (SSSR count). The molecule has 1 amide bonds. The summed E-state index contributed by atoms with van der Waals surface area (Å²) in [5, 5.41) is 9.07. The number of carbonyl (C=O) groups excluding carboxylic acids is 1. The molecule has 0 aliphatic heterocycles. The van der Waals surface area contributed by atoms with Gasteiger partial charge in [-0.15, -0.1) is 24.0 Å². The van der Waals surface area contributed by atoms with Crippen LogP contribution in [0.3, 0.4) is 0 Å². The second kappa shape index (κ2) is 11.5. The number of amides is 1. The largest absolute Gasteiger partial charge is 0.357 e. The van der Waals surface area contributed by atoms with Crippen LogP contribution in [0.25, 0.3) is 0 Å². The van der Waals surface area contributed by atoms with Gasteiger partial charge in [0.2, 0.25) is 5.91 Å². The topological polar surface area (TPSA) is 65.5 Å². The van der Waals surface area contributed by atoms with Crippen molar-refractivity contribution in [3.8, 4) is 0 Å². The lowest BCUT2D eigenvalue weighted by molar-refractivity contribution is -0.118. The van der Waals surface area contributed by atoms with Crippen molar-refractivity contribution >= 4 is 35.8 Å². The second-order valence-corrected chi connectivity index (χ2v) is 4.09. The van der Waals surface area contributed by atoms with Crippen molar-refractivity contribution in [1.29, 1.82) is 0 Å². The predicted molar refractivity (Wildman–Crippen MR) is 93.4 cm³/mol. The fourth-order valence-corrected chi connectivity index (χ4v) is 1.51. The molecule has 0 radical (unpaired) electrons. The zero-order chi connectivity index (χ0) is 13.9. The molecular weight excluding hydrogens is 367 g/mol. The van der Waals surface area contributed by atoms with Crippen molar-refractivity contribution in [3.05, 3.63) is 35.9 Å². The fourth-order valence-electron chi connectivity index (χ4n) is 1.51. The molecule has 0 saturated heterocycles. The fraction of sp³-hybridized carbons (Fsp3) is 0.429. The first-order valence-electron chi connectivity index (χ1n) is 6.53. The van der Waals surface area contributed by atoms with Gasteiger partial charge in [-0.2, -0.15) is 0 Å². The van der Waals surface area contributed by atoms with Gasteiger partial charge in [0.1, 0.15) is 0 Å². The number of hydrogen-bond acceptors (Lipinski definition) is 2. The van der Waals surface area contributed by atoms with E-state index in [0.717, 1.165) is 12.5 Å². The van der Waals surface area contributed by atoms with E-state index < -0.39 is 0 Å². The maximum atomic E-state index is 10.7. The van der Waals surface area contributed by atoms with Crippen LogP contribution in [-0.4, -0.2) is 31.5 Å². The van der Waals surface area contributed by atoms with E-state index in [-0.39, 0.29) is 29.9 Å². The van der Waals surface area contributed by atoms with Gasteiger partial charge in [-0.05, 0) is 12.5 Å². The highest BCUT2D eigenvalue weighted by Gasteiger charge is 1.97. The van der Waals surface area contributed by atoms with E-state index in [9.17, 15) is 4.79 Å². The van der Waals surface area contributed by atoms with E-state index in [4.69, 9.17) is 0 Å². The van der Waals surface area contributed by atoms with Crippen molar-refractivity contribution in [2.45, 2.75) is 20.4 Å². The van der Waals surface area contributed by atoms with Crippen LogP contribution in [0.5, 0.6) is 0 Å². The molecule has 0 heterocycles. The van der Waals surface area contributed by atoms with Gasteiger partial charge in [0.05, 0.1) is 6.54 Å². The Labute approximate surface area is 137 Å². The minimum Gasteiger partial charge on any atom is -0.357 e. The van der Waals surface area contributed by atoms with Crippen molar-refractivity contribution in [3.63, 3.8) is 0 Å². The number of aliphatic imine (C=N–C) groups is 1. The Balaban J connectivity index is 0.00000361. The summed E-state index contributed by atoms with van der Waals surface area (Å²) in [7, 11) is 0. The third-order valence-electron chi connectivity index (χ3n) is 2.40. The van der Waals surface area contributed by atoms with Gasteiger partial charge in [0.25, 0.3) is 0 Å². The van der Waals surface area contributed by atoms with Gasteiger partial charge in [-0.3, -0.25) is 4.79 Å². The molecule has 5 nitrogen and oxygen atoms in total. The number of rotatable bonds is 6. The summed E-state index contributed by atoms with van der Waals surface area (Å²) >= 11 is 0. The van der Waals surface area contributed by atoms with Crippen LogP contribution in [0.1, 0.15) is 19.4 Å². The third-order valence-corrected chi connectivity index (χ3v) is 2.40. The molecular formula is C14H23IN4O. The van der Waals surface area contributed by atoms with E-state index in [1.54, 1.807) is 0 Å². The molecule has 6 heteroatoms. The summed E-state index contributed by atoms with van der Waals surface area (Å²) < 4.78 is 0. The number of halogens is 1. The summed E-state index contributed by atoms with van der Waals surface area (Å²) in [6.07, 6.45) is 0. The number of benzene rings is 1. The number of carbonyl (C=O) groups is 1. The van der Waals surface area contributed by atoms with Crippen LogP contribution in [0.15, 0.2) is 35.3 Å². The zero-order valence-electron chi connectivity index (χ0n) is 12.0. The van der Waals surface area contributed by atoms with Crippen molar-refractivity contribution in [2.75, 3.05) is 19.6 Å². The molecule has 0 spiro atoms. The Morgan fingerprint density at radius 2 is 1.75 bits per heavy atom. The van der Waals surface area contributed by atoms with Crippen LogP contribution < -0.4 is 16.0 Å². The zero-order valence-corrected chi connectivity index (χ0v) is 14.3. The lowest BCUT2D eigenvalue weighted by atomic mass is 10.2. The van der Waals surface area contributed by atoms with E-state index in [2.05, 4.69) is 20.9 Å². The summed E-state index contributed by atoms with van der Waals surface area (Å²) in [5.41, 5.74) is 1.17. The van der Waals surface area contributed by atoms with Gasteiger partial charge in [0.15, 0.2) is 5.96 Å². The van der Waals surface area contributed by atoms with Gasteiger partial charge in [-0.25, -0.2) is 4.99 Å². The molecule has 20 heavy (non-hydrogen) atoms. The molecule has 1 aromatic rings. The molecule has 3 N–H and O–H groups in total. The van der Waals surface area contributed by atoms with E-state index in [1.165, 1.54) is 12.5 Å². The lowest BCUT2D eigenvalue weighted by Gasteiger charge is -2.11. The van der Waals surface area contributed by atoms with E-state index in [0.29, 0.717) is 19.6 Å². The van der Waals surface area contributed by atoms with Gasteiger partial charge < -0.3 is 16.0 Å². The smallest absolute Gasteiger partial charge is 0.216 e. The van der Waals surface area contributed by atoms with Crippen molar-refractivity contribution < 1.29 is 4.79 Å². The third kappa shape index (κ3) is 8.73. The van der Waals surface area contributed by atoms with Gasteiger partial charge >= 0.3 is 0 Å². The Hall–Kier alpha value is -1.31. The van der Waals surface area contributed by atoms with Gasteiger partial charge in [0, 0.05) is 26.6 Å². The molecule has 0 atom stereocenters. The van der Waals surface area contributed by atoms with Crippen LogP contribution in [-0.2, 0) is 11.3 Å². The number of hydrogen-bond donors (Lipinski definition) is 3. The maximum absolute atomic E-state index is 10.7. The Bertz CT molecular complexity index is 409. The minimum absolute atomic E-state index is 0. The van der Waals surface area contributed by atoms with Crippen LogP contribution in [0.4, 0.5) is 0 Å². The van der Waals surface area contributed by atoms with Crippen LogP contribution >= 0.6 is 24.0 Å². The van der Waals surface area contributed by atoms with E-state index in [1.807, 2.05) is 37.3 Å². The monoisotopic (exact) mass is 390 g/mol. The highest BCUT2D eigenvalue weighted by atomic mass is 127. The first-order chi connectivity index (χ1) is 9.22. The number of guanidine groups is 1. The summed E-state index contributed by atoms with van der Waals surface area (Å²) in [6, 6.07) is 10.1. The summed E-state index contributed by atoms with van der Waals surface area (Å²) in [6.45, 7) is 6.21. The molecule has 112 valence electrons. The molecule has 1 aromatic carbocycles. The summed E-state index contributed by atoms with van der Waals surface area (Å²) in [4.78, 5) is 15.2. The molecule has 0 aliphatic rings. The Morgan fingerprint density at radius 3 is 2.35 bits per heavy atom. The summed E-state index contributed by atoms with van der Waals surface area (Å²) in [5.74, 6) is 0.740. The second-order valence-electron chi connectivity index (χ2n) is 4.09. The van der Waals surface area contributed by atoms with Gasteiger partial charge in [-0.1, -0.05) is 30.3 Å². The molecule has 0 fully saturated rings. The normalized spacial score (nSPS) is 10.4. The Kier molecular flexibility index (Phi) is 10.8. The average molecular weight is 390 g/mol. The predicted octanol–water partition coefficient (Wildman–Crippen LogP) is 1.50. The van der Waals surface area contributed by atoms with E-state index >= 15 is 0 Å². The highest BCUT2D eigenvalue weighted by Crippen LogP contribution is 1.99. The first kappa shape index (κ1) is 18.7. The van der Waals surface area contributed by atoms with Crippen molar-refractivity contribution in [1.82, 2.24) is 16.0 Å². The molecule has 0 saturated carbocycles. The Morgan fingerprint density at radius 1 is 1.10 bits per heavy atom. The minimum atomic E-state index is -0.0203. The standard InChI is InChI=1S/C14H22N4O.HI/c1-3-15-14(17-10-9-16-12(2)19)18-11-13-7-5-4-6-8-13;/h4-8H,3,9-11H2,1-2H3,(H,16,19)(H2,15,17,18);1H. The molecule has 0 bridgehead atoms. The van der Waals surface area contributed by atoms with Crippen molar-refractivity contribution in [2.24, 2.45) is 4.99 Å². The van der Waals surface area contributed by atoms with Crippen LogP contribution in [0, 0.1) is 0 Å². The molecule has 0 aromatic heterocycles. The van der Waals surface area contributed by atoms with Crippen LogP contribution in [0.2, 0.25) is 0 Å². The number of nitrogens with one attached hydrogen (secondary N) is 3. The molecule has 0 unspecified atom stereocenters. The first-order valence-corrected chi connectivity index (χ1v) is 6.53. The molecule has 0 aliphatic carbocycles. The number of nitrogens with zero attached hydrogens (tertiary/aromatic N) is 1. The highest BCUT2D eigenvalue weighted by molar-refractivity contribution is 14.0. The quantitative estimate of drug-likeness (QED) is 0.299. The average Bonchev–Trinajstić information content (AvgIpc) is 2.41. The lowest BCUT2D eigenvalue weighted by Crippen LogP contribution is -2.41. The maximum Gasteiger partial charge on any atom is 0.216 e. The SMILES string of the molecule is CCNC(=NCc1ccccc1)NCCNC(C)=O.I.